The van der Waals surface area contributed by atoms with Gasteiger partial charge in [-0.15, -0.1) is 0 Å². The Morgan fingerprint density at radius 1 is 0.784 bits per heavy atom. The molecule has 192 valence electrons. The van der Waals surface area contributed by atoms with E-state index < -0.39 is 76.9 Å². The lowest BCUT2D eigenvalue weighted by molar-refractivity contribution is 0.102. The zero-order chi connectivity index (χ0) is 26.9. The molecule has 0 spiro atoms. The van der Waals surface area contributed by atoms with Gasteiger partial charge in [-0.1, -0.05) is 12.1 Å². The third-order valence-electron chi connectivity index (χ3n) is 5.08. The fourth-order valence-electron chi connectivity index (χ4n) is 3.21. The SMILES string of the molecule is O=C(Nc1ccn(Cc2c(F)c(F)cc(F)c2F)n1)c1ccc(COc2c(F)c(F)cc(F)c2F)cc1. The van der Waals surface area contributed by atoms with Gasteiger partial charge in [0, 0.05) is 30.0 Å². The van der Waals surface area contributed by atoms with Gasteiger partial charge in [0.2, 0.25) is 11.6 Å². The van der Waals surface area contributed by atoms with Gasteiger partial charge in [-0.3, -0.25) is 9.48 Å². The molecule has 0 saturated heterocycles. The molecular weight excluding hydrogens is 514 g/mol. The second-order valence-corrected chi connectivity index (χ2v) is 7.58. The summed E-state index contributed by atoms with van der Waals surface area (Å²) in [6.45, 7) is -1.13. The predicted molar refractivity (Wildman–Crippen MR) is 113 cm³/mol. The number of rotatable bonds is 7. The van der Waals surface area contributed by atoms with Crippen LogP contribution in [0.4, 0.5) is 40.9 Å². The number of halogens is 8. The molecule has 5 nitrogen and oxygen atoms in total. The van der Waals surface area contributed by atoms with Crippen LogP contribution in [0.2, 0.25) is 0 Å². The Hall–Kier alpha value is -4.42. The minimum absolute atomic E-state index is 0.0471. The molecule has 0 fully saturated rings. The Balaban J connectivity index is 1.40. The fourth-order valence-corrected chi connectivity index (χ4v) is 3.21. The minimum atomic E-state index is -1.69. The average Bonchev–Trinajstić information content (AvgIpc) is 3.31. The van der Waals surface area contributed by atoms with E-state index in [-0.39, 0.29) is 23.5 Å². The van der Waals surface area contributed by atoms with Crippen molar-refractivity contribution >= 4 is 11.7 Å². The zero-order valence-corrected chi connectivity index (χ0v) is 18.3. The number of hydrogen-bond donors (Lipinski definition) is 1. The van der Waals surface area contributed by atoms with Crippen LogP contribution in [0.3, 0.4) is 0 Å². The Morgan fingerprint density at radius 2 is 1.32 bits per heavy atom. The van der Waals surface area contributed by atoms with Crippen LogP contribution in [0, 0.1) is 46.5 Å². The second kappa shape index (κ2) is 10.3. The molecule has 1 N–H and O–H groups in total. The molecule has 3 aromatic carbocycles. The molecule has 0 bridgehead atoms. The first-order valence-electron chi connectivity index (χ1n) is 10.3. The number of amides is 1. The minimum Gasteiger partial charge on any atom is -0.483 e. The van der Waals surface area contributed by atoms with E-state index in [9.17, 15) is 39.9 Å². The molecule has 0 radical (unpaired) electrons. The van der Waals surface area contributed by atoms with Crippen molar-refractivity contribution in [1.29, 1.82) is 0 Å². The molecule has 1 heterocycles. The van der Waals surface area contributed by atoms with E-state index in [1.807, 2.05) is 0 Å². The summed E-state index contributed by atoms with van der Waals surface area (Å²) < 4.78 is 114. The smallest absolute Gasteiger partial charge is 0.256 e. The van der Waals surface area contributed by atoms with Crippen molar-refractivity contribution < 1.29 is 44.7 Å². The van der Waals surface area contributed by atoms with Crippen molar-refractivity contribution in [3.63, 3.8) is 0 Å². The number of anilines is 1. The van der Waals surface area contributed by atoms with Gasteiger partial charge in [0.05, 0.1) is 12.1 Å². The number of aromatic nitrogens is 2. The van der Waals surface area contributed by atoms with E-state index in [2.05, 4.69) is 10.4 Å². The molecule has 0 aliphatic carbocycles. The molecule has 1 aromatic heterocycles. The van der Waals surface area contributed by atoms with Crippen LogP contribution in [0.25, 0.3) is 0 Å². The maximum absolute atomic E-state index is 13.9. The molecule has 4 aromatic rings. The lowest BCUT2D eigenvalue weighted by atomic mass is 10.1. The van der Waals surface area contributed by atoms with Crippen LogP contribution in [0.1, 0.15) is 21.5 Å². The number of nitrogens with one attached hydrogen (secondary N) is 1. The molecule has 37 heavy (non-hydrogen) atoms. The van der Waals surface area contributed by atoms with Crippen molar-refractivity contribution in [2.75, 3.05) is 5.32 Å². The highest BCUT2D eigenvalue weighted by Crippen LogP contribution is 2.27. The highest BCUT2D eigenvalue weighted by molar-refractivity contribution is 6.03. The highest BCUT2D eigenvalue weighted by atomic mass is 19.2. The molecule has 0 aliphatic rings. The lowest BCUT2D eigenvalue weighted by Crippen LogP contribution is -2.13. The first-order valence-corrected chi connectivity index (χ1v) is 10.3. The Morgan fingerprint density at radius 3 is 1.89 bits per heavy atom. The fraction of sp³-hybridized carbons (Fsp3) is 0.0833. The summed E-state index contributed by atoms with van der Waals surface area (Å²) in [7, 11) is 0. The van der Waals surface area contributed by atoms with E-state index in [4.69, 9.17) is 4.74 Å². The summed E-state index contributed by atoms with van der Waals surface area (Å²) >= 11 is 0. The molecule has 13 heteroatoms. The summed E-state index contributed by atoms with van der Waals surface area (Å²) in [5.74, 6) is -14.9. The summed E-state index contributed by atoms with van der Waals surface area (Å²) in [4.78, 5) is 12.4. The predicted octanol–water partition coefficient (Wildman–Crippen LogP) is 5.88. The number of carbonyl (C=O) groups is 1. The van der Waals surface area contributed by atoms with Gasteiger partial charge >= 0.3 is 0 Å². The van der Waals surface area contributed by atoms with Crippen LogP contribution in [0.5, 0.6) is 5.75 Å². The molecule has 1 amide bonds. The summed E-state index contributed by atoms with van der Waals surface area (Å²) in [6, 6.07) is 6.72. The zero-order valence-electron chi connectivity index (χ0n) is 18.3. The van der Waals surface area contributed by atoms with E-state index >= 15 is 0 Å². The largest absolute Gasteiger partial charge is 0.483 e. The van der Waals surface area contributed by atoms with Gasteiger partial charge in [-0.2, -0.15) is 13.9 Å². The average molecular weight is 527 g/mol. The van der Waals surface area contributed by atoms with E-state index in [0.717, 1.165) is 4.68 Å². The van der Waals surface area contributed by atoms with Crippen LogP contribution < -0.4 is 10.1 Å². The maximum atomic E-state index is 13.9. The monoisotopic (exact) mass is 527 g/mol. The molecule has 0 unspecified atom stereocenters. The molecular formula is C24H13F8N3O2. The van der Waals surface area contributed by atoms with Crippen LogP contribution in [0.15, 0.2) is 48.7 Å². The van der Waals surface area contributed by atoms with Crippen molar-refractivity contribution in [1.82, 2.24) is 9.78 Å². The summed E-state index contributed by atoms with van der Waals surface area (Å²) in [5, 5.41) is 6.28. The van der Waals surface area contributed by atoms with Crippen LogP contribution in [-0.4, -0.2) is 15.7 Å². The highest BCUT2D eigenvalue weighted by Gasteiger charge is 2.21. The normalized spacial score (nSPS) is 11.0. The Labute approximate surface area is 202 Å². The number of hydrogen-bond acceptors (Lipinski definition) is 3. The van der Waals surface area contributed by atoms with Crippen molar-refractivity contribution in [3.8, 4) is 5.75 Å². The van der Waals surface area contributed by atoms with Gasteiger partial charge in [0.1, 0.15) is 6.61 Å². The van der Waals surface area contributed by atoms with E-state index in [0.29, 0.717) is 5.56 Å². The van der Waals surface area contributed by atoms with Crippen LogP contribution in [-0.2, 0) is 13.2 Å². The Kier molecular flexibility index (Phi) is 7.14. The van der Waals surface area contributed by atoms with E-state index in [1.54, 1.807) is 0 Å². The second-order valence-electron chi connectivity index (χ2n) is 7.58. The summed E-state index contributed by atoms with van der Waals surface area (Å²) in [5.41, 5.74) is -0.496. The maximum Gasteiger partial charge on any atom is 0.256 e. The van der Waals surface area contributed by atoms with Crippen LogP contribution >= 0.6 is 0 Å². The number of benzene rings is 3. The van der Waals surface area contributed by atoms with Crippen molar-refractivity contribution in [2.24, 2.45) is 0 Å². The Bertz CT molecular complexity index is 1440. The summed E-state index contributed by atoms with van der Waals surface area (Å²) in [6.07, 6.45) is 1.21. The van der Waals surface area contributed by atoms with Gasteiger partial charge in [0.25, 0.3) is 5.91 Å². The standard InChI is InChI=1S/C24H13F8N3O2/c25-14-7-15(26)20(30)13(19(14)29)9-35-6-5-18(34-35)33-24(36)12-3-1-11(2-4-12)10-37-23-21(31)16(27)8-17(28)22(23)32/h1-8H,9-10H2,(H,33,34,36). The van der Waals surface area contributed by atoms with Gasteiger partial charge in [-0.05, 0) is 17.7 Å². The quantitative estimate of drug-likeness (QED) is 0.242. The molecule has 0 atom stereocenters. The third kappa shape index (κ3) is 5.39. The topological polar surface area (TPSA) is 56.2 Å². The first kappa shape index (κ1) is 25.7. The molecule has 4 rings (SSSR count). The van der Waals surface area contributed by atoms with Crippen molar-refractivity contribution in [3.05, 3.63) is 112 Å². The first-order chi connectivity index (χ1) is 17.5. The number of ether oxygens (including phenoxy) is 1. The number of carbonyl (C=O) groups excluding carboxylic acids is 1. The van der Waals surface area contributed by atoms with E-state index in [1.165, 1.54) is 36.5 Å². The number of nitrogens with zero attached hydrogens (tertiary/aromatic N) is 2. The molecule has 0 aliphatic heterocycles. The van der Waals surface area contributed by atoms with Gasteiger partial charge < -0.3 is 10.1 Å². The molecule has 0 saturated carbocycles. The van der Waals surface area contributed by atoms with Crippen molar-refractivity contribution in [2.45, 2.75) is 13.2 Å². The van der Waals surface area contributed by atoms with Gasteiger partial charge in [0.15, 0.2) is 46.5 Å². The third-order valence-corrected chi connectivity index (χ3v) is 5.08. The van der Waals surface area contributed by atoms with Gasteiger partial charge in [-0.25, -0.2) is 26.3 Å². The lowest BCUT2D eigenvalue weighted by Gasteiger charge is -2.10.